The molecule has 0 spiro atoms. The molecule has 1 amide bonds. The zero-order chi connectivity index (χ0) is 21.1. The summed E-state index contributed by atoms with van der Waals surface area (Å²) < 4.78 is 17.6. The normalized spacial score (nSPS) is 21.6. The molecule has 0 radical (unpaired) electrons. The number of hydrogen-bond acceptors (Lipinski definition) is 5. The molecule has 6 nitrogen and oxygen atoms in total. The summed E-state index contributed by atoms with van der Waals surface area (Å²) in [6.45, 7) is 15.5. The van der Waals surface area contributed by atoms with Gasteiger partial charge in [0.05, 0.1) is 11.2 Å². The molecule has 1 aromatic rings. The van der Waals surface area contributed by atoms with Gasteiger partial charge in [-0.3, -0.25) is 4.79 Å². The van der Waals surface area contributed by atoms with E-state index in [9.17, 15) is 9.59 Å². The Hall–Kier alpha value is -1.86. The third-order valence-electron chi connectivity index (χ3n) is 5.71. The van der Waals surface area contributed by atoms with Gasteiger partial charge in [0, 0.05) is 12.1 Å². The molecule has 1 fully saturated rings. The molecule has 0 unspecified atom stereocenters. The fourth-order valence-electron chi connectivity index (χ4n) is 3.29. The summed E-state index contributed by atoms with van der Waals surface area (Å²) in [5, 5.41) is 0. The van der Waals surface area contributed by atoms with E-state index < -0.39 is 35.9 Å². The minimum Gasteiger partial charge on any atom is -0.458 e. The molecule has 2 heterocycles. The maximum Gasteiger partial charge on any atom is 0.494 e. The van der Waals surface area contributed by atoms with Crippen LogP contribution in [-0.2, 0) is 25.4 Å². The third kappa shape index (κ3) is 3.70. The Morgan fingerprint density at radius 2 is 1.75 bits per heavy atom. The van der Waals surface area contributed by atoms with E-state index in [0.717, 1.165) is 11.0 Å². The minimum absolute atomic E-state index is 0.174. The van der Waals surface area contributed by atoms with Gasteiger partial charge in [-0.1, -0.05) is 12.1 Å². The molecule has 1 atom stereocenters. The van der Waals surface area contributed by atoms with Gasteiger partial charge in [0.2, 0.25) is 0 Å². The number of esters is 1. The summed E-state index contributed by atoms with van der Waals surface area (Å²) in [5.74, 6) is -0.577. The van der Waals surface area contributed by atoms with Crippen LogP contribution in [0.4, 0.5) is 0 Å². The Morgan fingerprint density at radius 1 is 1.18 bits per heavy atom. The highest BCUT2D eigenvalue weighted by Crippen LogP contribution is 2.37. The monoisotopic (exact) mass is 387 g/mol. The second-order valence-electron chi connectivity index (χ2n) is 9.65. The van der Waals surface area contributed by atoms with Gasteiger partial charge in [-0.2, -0.15) is 0 Å². The Balaban J connectivity index is 1.79. The number of carbonyl (C=O) groups is 2. The fraction of sp³-hybridized carbons (Fsp3) is 0.619. The molecule has 0 bridgehead atoms. The molecular formula is C21H30BNO5. The average molecular weight is 387 g/mol. The van der Waals surface area contributed by atoms with E-state index >= 15 is 0 Å². The summed E-state index contributed by atoms with van der Waals surface area (Å²) in [7, 11) is -0.527. The first kappa shape index (κ1) is 20.9. The molecule has 3 rings (SSSR count). The Morgan fingerprint density at radius 3 is 2.29 bits per heavy atom. The Bertz CT molecular complexity index is 796. The molecule has 1 aromatic carbocycles. The van der Waals surface area contributed by atoms with Crippen molar-refractivity contribution in [2.45, 2.75) is 84.8 Å². The molecule has 152 valence electrons. The van der Waals surface area contributed by atoms with Crippen LogP contribution in [0.3, 0.4) is 0 Å². The average Bonchev–Trinajstić information content (AvgIpc) is 2.98. The van der Waals surface area contributed by atoms with Gasteiger partial charge in [0.25, 0.3) is 5.91 Å². The summed E-state index contributed by atoms with van der Waals surface area (Å²) in [6.07, 6.45) is 0. The standard InChI is InChI=1S/C21H30BNO5/c1-13(18(25)26-19(2,3)4)23-12-14-9-10-15(11-16(14)17(23)24)22-27-20(5,6)21(7,8)28-22/h9-11,13H,12H2,1-8H3/t13-/m1/s1. The molecule has 2 aliphatic heterocycles. The van der Waals surface area contributed by atoms with E-state index in [1.807, 2.05) is 66.7 Å². The van der Waals surface area contributed by atoms with Gasteiger partial charge >= 0.3 is 13.1 Å². The minimum atomic E-state index is -0.653. The van der Waals surface area contributed by atoms with Gasteiger partial charge in [-0.15, -0.1) is 0 Å². The maximum absolute atomic E-state index is 13.0. The van der Waals surface area contributed by atoms with Crippen molar-refractivity contribution in [3.63, 3.8) is 0 Å². The van der Waals surface area contributed by atoms with Crippen LogP contribution in [-0.4, -0.2) is 46.7 Å². The van der Waals surface area contributed by atoms with Crippen LogP contribution in [0.1, 0.15) is 71.3 Å². The number of hydrogen-bond donors (Lipinski definition) is 0. The van der Waals surface area contributed by atoms with Crippen LogP contribution >= 0.6 is 0 Å². The summed E-state index contributed by atoms with van der Waals surface area (Å²) in [5.41, 5.74) is 0.793. The molecule has 2 aliphatic rings. The SMILES string of the molecule is C[C@H](C(=O)OC(C)(C)C)N1Cc2ccc(B3OC(C)(C)C(C)(C)O3)cc2C1=O. The van der Waals surface area contributed by atoms with Crippen molar-refractivity contribution in [1.82, 2.24) is 4.90 Å². The number of carbonyl (C=O) groups excluding carboxylic acids is 2. The fourth-order valence-corrected chi connectivity index (χ4v) is 3.29. The quantitative estimate of drug-likeness (QED) is 0.590. The number of amides is 1. The number of ether oxygens (including phenoxy) is 1. The van der Waals surface area contributed by atoms with E-state index in [4.69, 9.17) is 14.0 Å². The Kier molecular flexibility index (Phi) is 4.92. The zero-order valence-electron chi connectivity index (χ0n) is 18.1. The van der Waals surface area contributed by atoms with Gasteiger partial charge in [-0.25, -0.2) is 4.79 Å². The molecule has 0 saturated carbocycles. The number of benzene rings is 1. The number of rotatable bonds is 3. The first-order valence-electron chi connectivity index (χ1n) is 9.74. The van der Waals surface area contributed by atoms with Crippen molar-refractivity contribution in [2.24, 2.45) is 0 Å². The lowest BCUT2D eigenvalue weighted by Gasteiger charge is -2.32. The van der Waals surface area contributed by atoms with Crippen molar-refractivity contribution >= 4 is 24.5 Å². The van der Waals surface area contributed by atoms with Crippen molar-refractivity contribution < 1.29 is 23.6 Å². The highest BCUT2D eigenvalue weighted by atomic mass is 16.7. The summed E-state index contributed by atoms with van der Waals surface area (Å²) in [6, 6.07) is 5.01. The Labute approximate surface area is 167 Å². The maximum atomic E-state index is 13.0. The second-order valence-corrected chi connectivity index (χ2v) is 9.65. The van der Waals surface area contributed by atoms with E-state index in [1.165, 1.54) is 0 Å². The zero-order valence-corrected chi connectivity index (χ0v) is 18.1. The predicted octanol–water partition coefficient (Wildman–Crippen LogP) is 2.67. The van der Waals surface area contributed by atoms with E-state index in [1.54, 1.807) is 11.8 Å². The van der Waals surface area contributed by atoms with Crippen LogP contribution in [0, 0.1) is 0 Å². The predicted molar refractivity (Wildman–Crippen MR) is 107 cm³/mol. The molecule has 28 heavy (non-hydrogen) atoms. The van der Waals surface area contributed by atoms with Crippen LogP contribution in [0.2, 0.25) is 0 Å². The largest absolute Gasteiger partial charge is 0.494 e. The van der Waals surface area contributed by atoms with Crippen molar-refractivity contribution in [3.8, 4) is 0 Å². The highest BCUT2D eigenvalue weighted by molar-refractivity contribution is 6.62. The van der Waals surface area contributed by atoms with E-state index in [-0.39, 0.29) is 5.91 Å². The smallest absolute Gasteiger partial charge is 0.458 e. The van der Waals surface area contributed by atoms with Crippen molar-refractivity contribution in [2.75, 3.05) is 0 Å². The lowest BCUT2D eigenvalue weighted by Crippen LogP contribution is -2.42. The van der Waals surface area contributed by atoms with Crippen LogP contribution < -0.4 is 5.46 Å². The van der Waals surface area contributed by atoms with Gasteiger partial charge in [-0.05, 0) is 72.5 Å². The van der Waals surface area contributed by atoms with Gasteiger partial charge in [0.1, 0.15) is 11.6 Å². The van der Waals surface area contributed by atoms with Crippen LogP contribution in [0.15, 0.2) is 18.2 Å². The summed E-state index contributed by atoms with van der Waals surface area (Å²) in [4.78, 5) is 26.9. The lowest BCUT2D eigenvalue weighted by molar-refractivity contribution is -0.159. The number of nitrogens with zero attached hydrogens (tertiary/aromatic N) is 1. The topological polar surface area (TPSA) is 65.1 Å². The third-order valence-corrected chi connectivity index (χ3v) is 5.71. The molecule has 0 N–H and O–H groups in total. The first-order valence-corrected chi connectivity index (χ1v) is 9.74. The molecule has 0 aliphatic carbocycles. The van der Waals surface area contributed by atoms with E-state index in [0.29, 0.717) is 12.1 Å². The molecule has 0 aromatic heterocycles. The number of fused-ring (bicyclic) bond motifs is 1. The molecular weight excluding hydrogens is 357 g/mol. The molecule has 7 heteroatoms. The van der Waals surface area contributed by atoms with E-state index in [2.05, 4.69) is 0 Å². The van der Waals surface area contributed by atoms with Gasteiger partial charge < -0.3 is 18.9 Å². The van der Waals surface area contributed by atoms with Crippen LogP contribution in [0.5, 0.6) is 0 Å². The first-order chi connectivity index (χ1) is 12.7. The van der Waals surface area contributed by atoms with Crippen LogP contribution in [0.25, 0.3) is 0 Å². The lowest BCUT2D eigenvalue weighted by atomic mass is 9.78. The van der Waals surface area contributed by atoms with Gasteiger partial charge in [0.15, 0.2) is 0 Å². The second kappa shape index (κ2) is 6.60. The summed E-state index contributed by atoms with van der Waals surface area (Å²) >= 11 is 0. The van der Waals surface area contributed by atoms with Crippen molar-refractivity contribution in [1.29, 1.82) is 0 Å². The molecule has 1 saturated heterocycles. The highest BCUT2D eigenvalue weighted by Gasteiger charge is 2.52. The van der Waals surface area contributed by atoms with Crippen molar-refractivity contribution in [3.05, 3.63) is 29.3 Å².